The molecule has 0 aliphatic rings. The Bertz CT molecular complexity index is 384. The molecule has 0 aliphatic heterocycles. The molecule has 0 radical (unpaired) electrons. The molecule has 0 spiro atoms. The van der Waals surface area contributed by atoms with E-state index in [1.54, 1.807) is 12.5 Å². The van der Waals surface area contributed by atoms with Gasteiger partial charge in [0.25, 0.3) is 0 Å². The number of nitrogens with zero attached hydrogens (tertiary/aromatic N) is 1. The van der Waals surface area contributed by atoms with E-state index >= 15 is 0 Å². The summed E-state index contributed by atoms with van der Waals surface area (Å²) in [5.74, 6) is 1.04. The van der Waals surface area contributed by atoms with Crippen LogP contribution in [0.15, 0.2) is 39.7 Å². The lowest BCUT2D eigenvalue weighted by molar-refractivity contribution is 0.393. The second-order valence-corrected chi connectivity index (χ2v) is 6.36. The van der Waals surface area contributed by atoms with Crippen LogP contribution in [-0.2, 0) is 10.8 Å². The third-order valence-corrected chi connectivity index (χ3v) is 2.47. The second kappa shape index (κ2) is 5.42. The summed E-state index contributed by atoms with van der Waals surface area (Å²) in [6, 6.07) is 5.81. The van der Waals surface area contributed by atoms with E-state index in [4.69, 9.17) is 8.94 Å². The van der Waals surface area contributed by atoms with Gasteiger partial charge in [0.15, 0.2) is 0 Å². The van der Waals surface area contributed by atoms with Crippen LogP contribution in [0.1, 0.15) is 53.0 Å². The molecule has 2 heterocycles. The first-order chi connectivity index (χ1) is 8.21. The van der Waals surface area contributed by atoms with Gasteiger partial charge in [0.1, 0.15) is 12.0 Å². The first-order valence-corrected chi connectivity index (χ1v) is 6.16. The summed E-state index contributed by atoms with van der Waals surface area (Å²) in [7, 11) is 0. The van der Waals surface area contributed by atoms with Gasteiger partial charge < -0.3 is 8.94 Å². The molecule has 3 heteroatoms. The molecule has 0 unspecified atom stereocenters. The zero-order chi connectivity index (χ0) is 13.8. The highest BCUT2D eigenvalue weighted by Gasteiger charge is 2.16. The Balaban J connectivity index is 0.000000180. The van der Waals surface area contributed by atoms with Crippen molar-refractivity contribution >= 4 is 0 Å². The number of furan rings is 1. The summed E-state index contributed by atoms with van der Waals surface area (Å²) in [4.78, 5) is 0. The van der Waals surface area contributed by atoms with Crippen LogP contribution in [0.25, 0.3) is 0 Å². The van der Waals surface area contributed by atoms with E-state index in [1.807, 2.05) is 18.2 Å². The molecule has 3 nitrogen and oxygen atoms in total. The van der Waals surface area contributed by atoms with E-state index in [-0.39, 0.29) is 10.8 Å². The highest BCUT2D eigenvalue weighted by Crippen LogP contribution is 2.21. The maximum atomic E-state index is 5.20. The first kappa shape index (κ1) is 14.6. The molecule has 2 aromatic rings. The number of rotatable bonds is 0. The smallest absolute Gasteiger partial charge is 0.124 e. The van der Waals surface area contributed by atoms with Gasteiger partial charge in [-0.1, -0.05) is 46.7 Å². The molecule has 0 amide bonds. The van der Waals surface area contributed by atoms with Crippen molar-refractivity contribution in [3.63, 3.8) is 0 Å². The van der Waals surface area contributed by atoms with Crippen molar-refractivity contribution in [3.8, 4) is 0 Å². The van der Waals surface area contributed by atoms with Crippen molar-refractivity contribution in [3.05, 3.63) is 42.2 Å². The van der Waals surface area contributed by atoms with Gasteiger partial charge >= 0.3 is 0 Å². The van der Waals surface area contributed by atoms with Crippen LogP contribution in [0.2, 0.25) is 0 Å². The Hall–Kier alpha value is -1.51. The van der Waals surface area contributed by atoms with Crippen LogP contribution in [0.5, 0.6) is 0 Å². The lowest BCUT2D eigenvalue weighted by Gasteiger charge is -2.13. The molecule has 0 aromatic carbocycles. The van der Waals surface area contributed by atoms with Gasteiger partial charge in [0.05, 0.1) is 12.0 Å². The predicted octanol–water partition coefficient (Wildman–Crippen LogP) is 4.55. The fourth-order valence-corrected chi connectivity index (χ4v) is 1.30. The minimum absolute atomic E-state index is 0.118. The summed E-state index contributed by atoms with van der Waals surface area (Å²) < 4.78 is 9.89. The Morgan fingerprint density at radius 3 is 1.78 bits per heavy atom. The molecule has 0 aliphatic carbocycles. The van der Waals surface area contributed by atoms with E-state index in [9.17, 15) is 0 Å². The third kappa shape index (κ3) is 4.40. The summed E-state index contributed by atoms with van der Waals surface area (Å²) >= 11 is 0. The highest BCUT2D eigenvalue weighted by atomic mass is 16.5. The lowest BCUT2D eigenvalue weighted by atomic mass is 9.93. The van der Waals surface area contributed by atoms with Crippen LogP contribution in [0, 0.1) is 0 Å². The van der Waals surface area contributed by atoms with Crippen molar-refractivity contribution in [1.82, 2.24) is 5.16 Å². The maximum Gasteiger partial charge on any atom is 0.124 e. The summed E-state index contributed by atoms with van der Waals surface area (Å²) in [5.41, 5.74) is 1.28. The molecule has 2 rings (SSSR count). The van der Waals surface area contributed by atoms with Crippen LogP contribution in [0.3, 0.4) is 0 Å². The highest BCUT2D eigenvalue weighted by molar-refractivity contribution is 5.08. The molecule has 2 aromatic heterocycles. The molecule has 0 atom stereocenters. The van der Waals surface area contributed by atoms with E-state index < -0.39 is 0 Å². The van der Waals surface area contributed by atoms with Gasteiger partial charge in [0, 0.05) is 16.9 Å². The third-order valence-electron chi connectivity index (χ3n) is 2.47. The van der Waals surface area contributed by atoms with E-state index in [0.717, 1.165) is 11.5 Å². The van der Waals surface area contributed by atoms with Crippen molar-refractivity contribution in [2.24, 2.45) is 0 Å². The normalized spacial score (nSPS) is 11.9. The second-order valence-electron chi connectivity index (χ2n) is 6.36. The molecular weight excluding hydrogens is 226 g/mol. The molecule has 0 saturated heterocycles. The molecule has 0 fully saturated rings. The minimum Gasteiger partial charge on any atom is -0.469 e. The van der Waals surface area contributed by atoms with E-state index in [0.29, 0.717) is 0 Å². The topological polar surface area (TPSA) is 39.2 Å². The molecule has 0 saturated carbocycles. The minimum atomic E-state index is 0.118. The van der Waals surface area contributed by atoms with Crippen molar-refractivity contribution in [1.29, 1.82) is 0 Å². The zero-order valence-corrected chi connectivity index (χ0v) is 12.2. The first-order valence-electron chi connectivity index (χ1n) is 6.16. The molecular formula is C15H23NO2. The van der Waals surface area contributed by atoms with Gasteiger partial charge in [-0.15, -0.1) is 0 Å². The van der Waals surface area contributed by atoms with Crippen LogP contribution >= 0.6 is 0 Å². The van der Waals surface area contributed by atoms with Crippen molar-refractivity contribution < 1.29 is 8.94 Å². The van der Waals surface area contributed by atoms with Gasteiger partial charge in [-0.05, 0) is 12.1 Å². The van der Waals surface area contributed by atoms with Gasteiger partial charge in [-0.2, -0.15) is 0 Å². The maximum absolute atomic E-state index is 5.20. The van der Waals surface area contributed by atoms with Crippen molar-refractivity contribution in [2.75, 3.05) is 0 Å². The molecule has 0 N–H and O–H groups in total. The van der Waals surface area contributed by atoms with Gasteiger partial charge in [0.2, 0.25) is 0 Å². The fourth-order valence-electron chi connectivity index (χ4n) is 1.30. The number of aromatic nitrogens is 1. The van der Waals surface area contributed by atoms with E-state index in [1.165, 1.54) is 0 Å². The fraction of sp³-hybridized carbons (Fsp3) is 0.533. The molecule has 100 valence electrons. The molecule has 0 bridgehead atoms. The number of hydrogen-bond acceptors (Lipinski definition) is 3. The summed E-state index contributed by atoms with van der Waals surface area (Å²) in [5, 5.41) is 3.81. The monoisotopic (exact) mass is 249 g/mol. The van der Waals surface area contributed by atoms with Crippen LogP contribution in [0.4, 0.5) is 0 Å². The number of hydrogen-bond donors (Lipinski definition) is 0. The Kier molecular flexibility index (Phi) is 4.38. The average Bonchev–Trinajstić information content (AvgIpc) is 2.91. The zero-order valence-electron chi connectivity index (χ0n) is 12.2. The molecule has 18 heavy (non-hydrogen) atoms. The Morgan fingerprint density at radius 1 is 0.889 bits per heavy atom. The largest absolute Gasteiger partial charge is 0.469 e. The standard InChI is InChI=1S/C8H12O.C7H11NO/c1-8(2,3)7-5-4-6-9-7;1-7(2,3)6-4-5-9-8-6/h4-6H,1-3H3;4-5H,1-3H3. The SMILES string of the molecule is CC(C)(C)c1ccco1.CC(C)(C)c1ccon1. The quantitative estimate of drug-likeness (QED) is 0.687. The summed E-state index contributed by atoms with van der Waals surface area (Å²) in [6.45, 7) is 12.7. The summed E-state index contributed by atoms with van der Waals surface area (Å²) in [6.07, 6.45) is 3.31. The van der Waals surface area contributed by atoms with Crippen LogP contribution in [-0.4, -0.2) is 5.16 Å². The predicted molar refractivity (Wildman–Crippen MR) is 72.6 cm³/mol. The Morgan fingerprint density at radius 2 is 1.56 bits per heavy atom. The Labute approximate surface area is 109 Å². The van der Waals surface area contributed by atoms with Gasteiger partial charge in [-0.3, -0.25) is 0 Å². The van der Waals surface area contributed by atoms with Gasteiger partial charge in [-0.25, -0.2) is 0 Å². The van der Waals surface area contributed by atoms with Crippen LogP contribution < -0.4 is 0 Å². The van der Waals surface area contributed by atoms with Crippen molar-refractivity contribution in [2.45, 2.75) is 52.4 Å². The average molecular weight is 249 g/mol. The lowest BCUT2D eigenvalue weighted by Crippen LogP contribution is -2.10. The van der Waals surface area contributed by atoms with E-state index in [2.05, 4.69) is 46.7 Å².